The summed E-state index contributed by atoms with van der Waals surface area (Å²) in [5.41, 5.74) is 3.83. The summed E-state index contributed by atoms with van der Waals surface area (Å²) < 4.78 is 13.5. The molecule has 0 saturated carbocycles. The van der Waals surface area contributed by atoms with Gasteiger partial charge in [0.25, 0.3) is 0 Å². The maximum Gasteiger partial charge on any atom is 0.123 e. The van der Waals surface area contributed by atoms with Crippen molar-refractivity contribution in [3.63, 3.8) is 0 Å². The third-order valence-electron chi connectivity index (χ3n) is 3.34. The molecule has 20 heavy (non-hydrogen) atoms. The fourth-order valence-corrected chi connectivity index (χ4v) is 2.38. The second-order valence-corrected chi connectivity index (χ2v) is 4.75. The van der Waals surface area contributed by atoms with Crippen molar-refractivity contribution in [1.82, 2.24) is 10.3 Å². The molecule has 0 bridgehead atoms. The maximum atomic E-state index is 13.5. The standard InChI is InChI=1S/C17H15FN2/c1-19-10-13-6-7-15(18)9-16(13)14-8-12-4-2-3-5-17(12)20-11-14/h2-9,11,19H,10H2,1H3. The lowest BCUT2D eigenvalue weighted by atomic mass is 9.99. The number of aromatic nitrogens is 1. The topological polar surface area (TPSA) is 24.9 Å². The van der Waals surface area contributed by atoms with Crippen molar-refractivity contribution >= 4 is 10.9 Å². The van der Waals surface area contributed by atoms with Gasteiger partial charge in [-0.25, -0.2) is 4.39 Å². The van der Waals surface area contributed by atoms with E-state index in [0.717, 1.165) is 27.6 Å². The van der Waals surface area contributed by atoms with E-state index in [4.69, 9.17) is 0 Å². The van der Waals surface area contributed by atoms with Crippen LogP contribution in [0.2, 0.25) is 0 Å². The number of pyridine rings is 1. The van der Waals surface area contributed by atoms with Gasteiger partial charge in [0.2, 0.25) is 0 Å². The molecule has 2 nitrogen and oxygen atoms in total. The van der Waals surface area contributed by atoms with Gasteiger partial charge >= 0.3 is 0 Å². The van der Waals surface area contributed by atoms with Crippen molar-refractivity contribution in [2.24, 2.45) is 0 Å². The number of fused-ring (bicyclic) bond motifs is 1. The number of halogens is 1. The number of nitrogens with one attached hydrogen (secondary N) is 1. The molecular formula is C17H15FN2. The molecule has 0 spiro atoms. The summed E-state index contributed by atoms with van der Waals surface area (Å²) >= 11 is 0. The number of rotatable bonds is 3. The van der Waals surface area contributed by atoms with E-state index in [1.165, 1.54) is 6.07 Å². The van der Waals surface area contributed by atoms with E-state index in [1.807, 2.05) is 37.4 Å². The normalized spacial score (nSPS) is 10.9. The van der Waals surface area contributed by atoms with Crippen molar-refractivity contribution in [3.8, 4) is 11.1 Å². The van der Waals surface area contributed by atoms with Gasteiger partial charge in [0.15, 0.2) is 0 Å². The first-order valence-corrected chi connectivity index (χ1v) is 6.56. The Morgan fingerprint density at radius 1 is 1.10 bits per heavy atom. The summed E-state index contributed by atoms with van der Waals surface area (Å²) in [4.78, 5) is 4.45. The first-order valence-electron chi connectivity index (χ1n) is 6.56. The molecule has 3 heteroatoms. The number of hydrogen-bond acceptors (Lipinski definition) is 2. The average Bonchev–Trinajstić information content (AvgIpc) is 2.49. The van der Waals surface area contributed by atoms with Gasteiger partial charge in [-0.1, -0.05) is 24.3 Å². The molecule has 1 N–H and O–H groups in total. The molecule has 3 rings (SSSR count). The van der Waals surface area contributed by atoms with Crippen LogP contribution in [-0.2, 0) is 6.54 Å². The van der Waals surface area contributed by atoms with E-state index in [1.54, 1.807) is 12.3 Å². The van der Waals surface area contributed by atoms with Crippen molar-refractivity contribution in [2.45, 2.75) is 6.54 Å². The molecule has 3 aromatic rings. The zero-order valence-electron chi connectivity index (χ0n) is 11.2. The smallest absolute Gasteiger partial charge is 0.123 e. The third-order valence-corrected chi connectivity index (χ3v) is 3.34. The molecule has 0 aliphatic carbocycles. The number of benzene rings is 2. The number of nitrogens with zero attached hydrogens (tertiary/aromatic N) is 1. The predicted molar refractivity (Wildman–Crippen MR) is 79.9 cm³/mol. The van der Waals surface area contributed by atoms with Crippen LogP contribution in [-0.4, -0.2) is 12.0 Å². The van der Waals surface area contributed by atoms with Crippen LogP contribution >= 0.6 is 0 Å². The quantitative estimate of drug-likeness (QED) is 0.780. The second kappa shape index (κ2) is 5.39. The molecule has 0 amide bonds. The Bertz CT molecular complexity index is 753. The van der Waals surface area contributed by atoms with Gasteiger partial charge in [0.1, 0.15) is 5.82 Å². The van der Waals surface area contributed by atoms with Crippen LogP contribution in [0.5, 0.6) is 0 Å². The highest BCUT2D eigenvalue weighted by Crippen LogP contribution is 2.26. The Balaban J connectivity index is 2.16. The Morgan fingerprint density at radius 2 is 1.95 bits per heavy atom. The molecule has 0 radical (unpaired) electrons. The van der Waals surface area contributed by atoms with E-state index in [2.05, 4.69) is 16.4 Å². The van der Waals surface area contributed by atoms with Gasteiger partial charge in [0.05, 0.1) is 5.52 Å². The summed E-state index contributed by atoms with van der Waals surface area (Å²) in [6.45, 7) is 0.697. The first kappa shape index (κ1) is 12.8. The minimum absolute atomic E-state index is 0.229. The lowest BCUT2D eigenvalue weighted by molar-refractivity contribution is 0.627. The summed E-state index contributed by atoms with van der Waals surface area (Å²) in [6.07, 6.45) is 1.80. The van der Waals surface area contributed by atoms with Crippen LogP contribution in [0.3, 0.4) is 0 Å². The lowest BCUT2D eigenvalue weighted by Gasteiger charge is -2.10. The molecule has 0 fully saturated rings. The van der Waals surface area contributed by atoms with Crippen LogP contribution in [0.25, 0.3) is 22.0 Å². The van der Waals surface area contributed by atoms with E-state index in [-0.39, 0.29) is 5.82 Å². The molecule has 0 aliphatic heterocycles. The molecule has 0 unspecified atom stereocenters. The minimum atomic E-state index is -0.229. The minimum Gasteiger partial charge on any atom is -0.316 e. The Kier molecular flexibility index (Phi) is 3.44. The second-order valence-electron chi connectivity index (χ2n) is 4.75. The highest BCUT2D eigenvalue weighted by molar-refractivity contribution is 5.84. The van der Waals surface area contributed by atoms with Crippen molar-refractivity contribution < 1.29 is 4.39 Å². The fourth-order valence-electron chi connectivity index (χ4n) is 2.38. The van der Waals surface area contributed by atoms with Gasteiger partial charge in [-0.2, -0.15) is 0 Å². The van der Waals surface area contributed by atoms with Crippen LogP contribution < -0.4 is 5.32 Å². The summed E-state index contributed by atoms with van der Waals surface area (Å²) in [5.74, 6) is -0.229. The van der Waals surface area contributed by atoms with Crippen molar-refractivity contribution in [2.75, 3.05) is 7.05 Å². The van der Waals surface area contributed by atoms with E-state index in [9.17, 15) is 4.39 Å². The largest absolute Gasteiger partial charge is 0.316 e. The molecule has 0 atom stereocenters. The highest BCUT2D eigenvalue weighted by atomic mass is 19.1. The van der Waals surface area contributed by atoms with E-state index >= 15 is 0 Å². The highest BCUT2D eigenvalue weighted by Gasteiger charge is 2.07. The van der Waals surface area contributed by atoms with Gasteiger partial charge in [0, 0.05) is 23.7 Å². The predicted octanol–water partition coefficient (Wildman–Crippen LogP) is 3.76. The third kappa shape index (κ3) is 2.40. The Labute approximate surface area is 117 Å². The lowest BCUT2D eigenvalue weighted by Crippen LogP contribution is -2.06. The number of hydrogen-bond donors (Lipinski definition) is 1. The SMILES string of the molecule is CNCc1ccc(F)cc1-c1cnc2ccccc2c1. The maximum absolute atomic E-state index is 13.5. The van der Waals surface area contributed by atoms with Gasteiger partial charge in [-0.15, -0.1) is 0 Å². The summed E-state index contributed by atoms with van der Waals surface area (Å²) in [5, 5.41) is 4.17. The number of para-hydroxylation sites is 1. The van der Waals surface area contributed by atoms with Crippen LogP contribution in [0.1, 0.15) is 5.56 Å². The van der Waals surface area contributed by atoms with E-state index in [0.29, 0.717) is 6.54 Å². The Morgan fingerprint density at radius 3 is 2.80 bits per heavy atom. The molecule has 2 aromatic carbocycles. The molecule has 0 saturated heterocycles. The summed E-state index contributed by atoms with van der Waals surface area (Å²) in [7, 11) is 1.88. The monoisotopic (exact) mass is 266 g/mol. The first-order chi connectivity index (χ1) is 9.78. The van der Waals surface area contributed by atoms with Crippen LogP contribution in [0, 0.1) is 5.82 Å². The van der Waals surface area contributed by atoms with Crippen molar-refractivity contribution in [3.05, 3.63) is 66.1 Å². The molecule has 100 valence electrons. The van der Waals surface area contributed by atoms with Gasteiger partial charge < -0.3 is 5.32 Å². The van der Waals surface area contributed by atoms with Gasteiger partial charge in [-0.3, -0.25) is 4.98 Å². The molecule has 0 aliphatic rings. The summed E-state index contributed by atoms with van der Waals surface area (Å²) in [6, 6.07) is 14.9. The fraction of sp³-hybridized carbons (Fsp3) is 0.118. The Hall–Kier alpha value is -2.26. The zero-order chi connectivity index (χ0) is 13.9. The molecule has 1 heterocycles. The van der Waals surface area contributed by atoms with E-state index < -0.39 is 0 Å². The molecular weight excluding hydrogens is 251 g/mol. The van der Waals surface area contributed by atoms with Gasteiger partial charge in [-0.05, 0) is 42.4 Å². The molecule has 1 aromatic heterocycles. The van der Waals surface area contributed by atoms with Crippen molar-refractivity contribution in [1.29, 1.82) is 0 Å². The van der Waals surface area contributed by atoms with Crippen LogP contribution in [0.4, 0.5) is 4.39 Å². The average molecular weight is 266 g/mol. The van der Waals surface area contributed by atoms with Crippen LogP contribution in [0.15, 0.2) is 54.7 Å². The zero-order valence-corrected chi connectivity index (χ0v) is 11.2.